The summed E-state index contributed by atoms with van der Waals surface area (Å²) in [5.41, 5.74) is 1.29. The van der Waals surface area contributed by atoms with Crippen LogP contribution in [-0.2, 0) is 34.0 Å². The Morgan fingerprint density at radius 1 is 0.800 bits per heavy atom. The fourth-order valence-corrected chi connectivity index (χ4v) is 4.78. The molecular weight excluding hydrogens is 574 g/mol. The molecule has 0 aliphatic heterocycles. The highest BCUT2D eigenvalue weighted by atomic mass is 16.5. The summed E-state index contributed by atoms with van der Waals surface area (Å²) in [6.07, 6.45) is 9.46. The molecule has 0 bridgehead atoms. The van der Waals surface area contributed by atoms with Crippen molar-refractivity contribution in [1.82, 2.24) is 5.32 Å². The quantitative estimate of drug-likeness (QED) is 0.130. The van der Waals surface area contributed by atoms with Gasteiger partial charge in [-0.25, -0.2) is 4.79 Å². The zero-order chi connectivity index (χ0) is 32.5. The number of esters is 3. The van der Waals surface area contributed by atoms with E-state index in [-0.39, 0.29) is 43.8 Å². The number of unbranched alkanes of at least 4 members (excludes halogenated alkanes) is 1. The molecule has 9 heteroatoms. The van der Waals surface area contributed by atoms with Gasteiger partial charge in [-0.15, -0.1) is 0 Å². The lowest BCUT2D eigenvalue weighted by Crippen LogP contribution is -2.43. The number of carbonyl (C=O) groups excluding carboxylic acids is 4. The first-order valence-corrected chi connectivity index (χ1v) is 15.5. The number of nitrogens with one attached hydrogen (secondary N) is 1. The van der Waals surface area contributed by atoms with E-state index in [9.17, 15) is 19.2 Å². The summed E-state index contributed by atoms with van der Waals surface area (Å²) < 4.78 is 22.0. The first kappa shape index (κ1) is 35.0. The topological polar surface area (TPSA) is 117 Å². The fourth-order valence-electron chi connectivity index (χ4n) is 4.78. The van der Waals surface area contributed by atoms with Crippen LogP contribution in [0.15, 0.2) is 90.2 Å². The molecule has 1 aliphatic rings. The molecule has 0 radical (unpaired) electrons. The van der Waals surface area contributed by atoms with Crippen LogP contribution in [0.4, 0.5) is 0 Å². The van der Waals surface area contributed by atoms with Crippen molar-refractivity contribution in [3.63, 3.8) is 0 Å². The van der Waals surface area contributed by atoms with Gasteiger partial charge in [0.2, 0.25) is 0 Å². The van der Waals surface area contributed by atoms with Crippen molar-refractivity contribution >= 4 is 23.8 Å². The summed E-state index contributed by atoms with van der Waals surface area (Å²) in [4.78, 5) is 51.6. The number of ether oxygens (including phenoxy) is 4. The molecular formula is C36H43NO8. The van der Waals surface area contributed by atoms with Crippen LogP contribution >= 0.6 is 0 Å². The molecule has 0 fully saturated rings. The lowest BCUT2D eigenvalue weighted by Gasteiger charge is -2.31. The first-order chi connectivity index (χ1) is 21.8. The molecule has 1 amide bonds. The number of hydrogen-bond acceptors (Lipinski definition) is 8. The van der Waals surface area contributed by atoms with Gasteiger partial charge in [0, 0.05) is 18.7 Å². The van der Waals surface area contributed by atoms with Crippen molar-refractivity contribution in [3.05, 3.63) is 107 Å². The van der Waals surface area contributed by atoms with E-state index in [0.717, 1.165) is 24.0 Å². The predicted octanol–water partition coefficient (Wildman–Crippen LogP) is 6.00. The number of allylic oxidation sites excluding steroid dienone is 4. The number of amides is 1. The summed E-state index contributed by atoms with van der Waals surface area (Å²) in [5.74, 6) is -1.85. The molecule has 1 aliphatic carbocycles. The Hall–Kier alpha value is -4.50. The molecule has 2 aromatic carbocycles. The molecule has 0 aromatic heterocycles. The zero-order valence-corrected chi connectivity index (χ0v) is 26.3. The predicted molar refractivity (Wildman–Crippen MR) is 170 cm³/mol. The Balaban J connectivity index is 1.59. The molecule has 0 saturated heterocycles. The van der Waals surface area contributed by atoms with E-state index in [1.165, 1.54) is 0 Å². The zero-order valence-electron chi connectivity index (χ0n) is 26.3. The van der Waals surface area contributed by atoms with E-state index < -0.39 is 29.2 Å². The van der Waals surface area contributed by atoms with E-state index >= 15 is 0 Å². The number of carbonyl (C=O) groups is 4. The normalized spacial score (nSPS) is 13.8. The number of benzene rings is 2. The minimum absolute atomic E-state index is 0.00352. The Morgan fingerprint density at radius 3 is 2.24 bits per heavy atom. The maximum absolute atomic E-state index is 13.2. The van der Waals surface area contributed by atoms with Gasteiger partial charge in [-0.2, -0.15) is 0 Å². The fraction of sp³-hybridized carbons (Fsp3) is 0.389. The molecule has 240 valence electrons. The Labute approximate surface area is 265 Å². The third-order valence-electron chi connectivity index (χ3n) is 7.26. The van der Waals surface area contributed by atoms with Gasteiger partial charge in [0.1, 0.15) is 5.41 Å². The standard InChI is InChI=1S/C36H43NO8/c1-4-7-23-45-34(40)31-19-12-11-18-30(31)33(39)37-29-17-13-14-27(20-21-29)25-32(38)44-24-22-36(26-42-5-2,35(41)43-6-3)28-15-9-8-10-16-28/h8-12,14-21H,4-7,13,22-26H2,1-3H3,(H,37,39). The average molecular weight is 618 g/mol. The molecule has 1 atom stereocenters. The third kappa shape index (κ3) is 10.3. The second-order valence-corrected chi connectivity index (χ2v) is 10.4. The van der Waals surface area contributed by atoms with Crippen LogP contribution in [0.1, 0.15) is 79.2 Å². The van der Waals surface area contributed by atoms with Gasteiger partial charge < -0.3 is 24.3 Å². The van der Waals surface area contributed by atoms with Gasteiger partial charge in [0.05, 0.1) is 44.0 Å². The molecule has 0 spiro atoms. The van der Waals surface area contributed by atoms with E-state index in [1.54, 1.807) is 43.3 Å². The van der Waals surface area contributed by atoms with Gasteiger partial charge in [-0.1, -0.05) is 74.0 Å². The summed E-state index contributed by atoms with van der Waals surface area (Å²) in [5, 5.41) is 2.84. The molecule has 1 unspecified atom stereocenters. The van der Waals surface area contributed by atoms with Crippen molar-refractivity contribution in [2.75, 3.05) is 33.0 Å². The summed E-state index contributed by atoms with van der Waals surface area (Å²) in [6, 6.07) is 15.8. The molecule has 9 nitrogen and oxygen atoms in total. The van der Waals surface area contributed by atoms with Crippen molar-refractivity contribution in [2.45, 2.75) is 58.3 Å². The second-order valence-electron chi connectivity index (χ2n) is 10.4. The molecule has 0 heterocycles. The number of rotatable bonds is 17. The van der Waals surface area contributed by atoms with Gasteiger partial charge >= 0.3 is 17.9 Å². The maximum atomic E-state index is 13.2. The van der Waals surface area contributed by atoms with Gasteiger partial charge in [0.15, 0.2) is 0 Å². The lowest BCUT2D eigenvalue weighted by molar-refractivity contribution is -0.156. The average Bonchev–Trinajstić information content (AvgIpc) is 3.27. The lowest BCUT2D eigenvalue weighted by atomic mass is 9.78. The Morgan fingerprint density at radius 2 is 1.53 bits per heavy atom. The van der Waals surface area contributed by atoms with Gasteiger partial charge in [0.25, 0.3) is 5.91 Å². The number of hydrogen-bond donors (Lipinski definition) is 1. The SMILES string of the molecule is CCCCOC(=O)c1ccccc1C(=O)NC1=CCC=C(CC(=O)OCCC(COCC)(C(=O)OCC)c2ccccc2)C=C1. The van der Waals surface area contributed by atoms with Crippen LogP contribution in [0.5, 0.6) is 0 Å². The molecule has 45 heavy (non-hydrogen) atoms. The summed E-state index contributed by atoms with van der Waals surface area (Å²) in [7, 11) is 0. The van der Waals surface area contributed by atoms with Crippen LogP contribution in [0.25, 0.3) is 0 Å². The first-order valence-electron chi connectivity index (χ1n) is 15.5. The Bertz CT molecular complexity index is 1390. The molecule has 0 saturated carbocycles. The van der Waals surface area contributed by atoms with E-state index in [0.29, 0.717) is 25.3 Å². The second kappa shape index (κ2) is 18.3. The summed E-state index contributed by atoms with van der Waals surface area (Å²) >= 11 is 0. The molecule has 3 rings (SSSR count). The third-order valence-corrected chi connectivity index (χ3v) is 7.26. The van der Waals surface area contributed by atoms with Crippen molar-refractivity contribution in [3.8, 4) is 0 Å². The van der Waals surface area contributed by atoms with E-state index in [4.69, 9.17) is 18.9 Å². The summed E-state index contributed by atoms with van der Waals surface area (Å²) in [6.45, 7) is 6.63. The van der Waals surface area contributed by atoms with Crippen LogP contribution < -0.4 is 5.32 Å². The van der Waals surface area contributed by atoms with E-state index in [2.05, 4.69) is 5.32 Å². The highest BCUT2D eigenvalue weighted by Gasteiger charge is 2.42. The molecule has 1 N–H and O–H groups in total. The van der Waals surface area contributed by atoms with Crippen LogP contribution in [0, 0.1) is 0 Å². The van der Waals surface area contributed by atoms with Crippen LogP contribution in [0.3, 0.4) is 0 Å². The molecule has 2 aromatic rings. The largest absolute Gasteiger partial charge is 0.465 e. The maximum Gasteiger partial charge on any atom is 0.338 e. The smallest absolute Gasteiger partial charge is 0.338 e. The minimum atomic E-state index is -1.11. The van der Waals surface area contributed by atoms with E-state index in [1.807, 2.05) is 56.3 Å². The monoisotopic (exact) mass is 617 g/mol. The van der Waals surface area contributed by atoms with Crippen LogP contribution in [-0.4, -0.2) is 56.8 Å². The Kier molecular flexibility index (Phi) is 14.3. The van der Waals surface area contributed by atoms with Gasteiger partial charge in [-0.05, 0) is 56.0 Å². The van der Waals surface area contributed by atoms with Crippen LogP contribution in [0.2, 0.25) is 0 Å². The highest BCUT2D eigenvalue weighted by Crippen LogP contribution is 2.31. The van der Waals surface area contributed by atoms with Gasteiger partial charge in [-0.3, -0.25) is 14.4 Å². The van der Waals surface area contributed by atoms with Crippen molar-refractivity contribution in [1.29, 1.82) is 0 Å². The van der Waals surface area contributed by atoms with Crippen molar-refractivity contribution in [2.24, 2.45) is 0 Å². The van der Waals surface area contributed by atoms with Crippen molar-refractivity contribution < 1.29 is 38.1 Å². The minimum Gasteiger partial charge on any atom is -0.465 e. The highest BCUT2D eigenvalue weighted by molar-refractivity contribution is 6.06.